The van der Waals surface area contributed by atoms with Crippen molar-refractivity contribution in [2.45, 2.75) is 0 Å². The molecule has 0 amide bonds. The van der Waals surface area contributed by atoms with Crippen molar-refractivity contribution in [3.8, 4) is 17.9 Å². The largest absolute Gasteiger partial charge is 0.508 e. The maximum atomic E-state index is 9.63. The fraction of sp³-hybridized carbons (Fsp3) is 0. The monoisotopic (exact) mass is 285 g/mol. The Morgan fingerprint density at radius 3 is 2.77 bits per heavy atom. The summed E-state index contributed by atoms with van der Waals surface area (Å²) in [6.45, 7) is 0. The van der Waals surface area contributed by atoms with E-state index in [4.69, 9.17) is 5.26 Å². The Hall–Kier alpha value is -3.50. The number of hydrogen-bond donors (Lipinski definition) is 2. The summed E-state index contributed by atoms with van der Waals surface area (Å²) >= 11 is 0. The lowest BCUT2D eigenvalue weighted by Gasteiger charge is -2.00. The van der Waals surface area contributed by atoms with Crippen molar-refractivity contribution in [3.63, 3.8) is 0 Å². The van der Waals surface area contributed by atoms with Gasteiger partial charge < -0.3 is 10.1 Å². The lowest BCUT2D eigenvalue weighted by atomic mass is 10.0. The van der Waals surface area contributed by atoms with E-state index >= 15 is 0 Å². The van der Waals surface area contributed by atoms with Gasteiger partial charge >= 0.3 is 0 Å². The van der Waals surface area contributed by atoms with Crippen molar-refractivity contribution in [3.05, 3.63) is 65.4 Å². The number of phenolic OH excluding ortho intramolecular Hbond substituents is 1. The molecule has 0 aliphatic carbocycles. The first-order chi connectivity index (χ1) is 10.7. The number of H-pyrrole nitrogens is 1. The van der Waals surface area contributed by atoms with Crippen LogP contribution in [0.25, 0.3) is 22.6 Å². The van der Waals surface area contributed by atoms with Crippen LogP contribution in [0.4, 0.5) is 0 Å². The summed E-state index contributed by atoms with van der Waals surface area (Å²) in [5, 5.41) is 28.8. The number of phenols is 1. The molecule has 1 aromatic heterocycles. The zero-order chi connectivity index (χ0) is 15.5. The number of aromatic nitrogens is 1. The third-order valence-corrected chi connectivity index (χ3v) is 3.40. The molecule has 3 aromatic rings. The van der Waals surface area contributed by atoms with Crippen molar-refractivity contribution in [2.24, 2.45) is 0 Å². The Morgan fingerprint density at radius 2 is 2.00 bits per heavy atom. The van der Waals surface area contributed by atoms with Crippen LogP contribution in [0.2, 0.25) is 0 Å². The van der Waals surface area contributed by atoms with Gasteiger partial charge in [0.1, 0.15) is 5.75 Å². The SMILES string of the molecule is N#C/C(=C/c1cccc(C#N)c1)c1c[nH]c2ccc(O)cc12. The van der Waals surface area contributed by atoms with Gasteiger partial charge in [-0.2, -0.15) is 10.5 Å². The van der Waals surface area contributed by atoms with E-state index in [1.165, 1.54) is 0 Å². The minimum Gasteiger partial charge on any atom is -0.508 e. The summed E-state index contributed by atoms with van der Waals surface area (Å²) in [6, 6.07) is 16.3. The molecule has 0 saturated heterocycles. The van der Waals surface area contributed by atoms with Gasteiger partial charge in [-0.1, -0.05) is 12.1 Å². The van der Waals surface area contributed by atoms with E-state index in [-0.39, 0.29) is 5.75 Å². The smallest absolute Gasteiger partial charge is 0.116 e. The second kappa shape index (κ2) is 5.47. The van der Waals surface area contributed by atoms with Crippen LogP contribution in [0.15, 0.2) is 48.7 Å². The minimum absolute atomic E-state index is 0.150. The number of fused-ring (bicyclic) bond motifs is 1. The number of hydrogen-bond acceptors (Lipinski definition) is 3. The second-order valence-corrected chi connectivity index (χ2v) is 4.84. The van der Waals surface area contributed by atoms with Gasteiger partial charge in [0.05, 0.1) is 23.3 Å². The van der Waals surface area contributed by atoms with Gasteiger partial charge in [-0.15, -0.1) is 0 Å². The number of benzene rings is 2. The molecule has 1 heterocycles. The zero-order valence-electron chi connectivity index (χ0n) is 11.5. The van der Waals surface area contributed by atoms with Crippen LogP contribution in [-0.2, 0) is 0 Å². The number of aromatic amines is 1. The van der Waals surface area contributed by atoms with Gasteiger partial charge in [-0.25, -0.2) is 0 Å². The van der Waals surface area contributed by atoms with Crippen LogP contribution in [-0.4, -0.2) is 10.1 Å². The normalized spacial score (nSPS) is 11.1. The predicted molar refractivity (Wildman–Crippen MR) is 84.6 cm³/mol. The molecule has 0 radical (unpaired) electrons. The molecule has 2 N–H and O–H groups in total. The van der Waals surface area contributed by atoms with Gasteiger partial charge in [-0.3, -0.25) is 0 Å². The summed E-state index contributed by atoms with van der Waals surface area (Å²) in [6.07, 6.45) is 3.47. The molecule has 4 heteroatoms. The third kappa shape index (κ3) is 2.42. The van der Waals surface area contributed by atoms with Crippen LogP contribution in [0.1, 0.15) is 16.7 Å². The highest BCUT2D eigenvalue weighted by Gasteiger charge is 2.09. The van der Waals surface area contributed by atoms with E-state index in [0.717, 1.165) is 22.0 Å². The standard InChI is InChI=1S/C18H11N3O/c19-9-13-3-1-2-12(6-13)7-14(10-20)17-11-21-18-5-4-15(22)8-16(17)18/h1-8,11,21-22H/b14-7-. The van der Waals surface area contributed by atoms with Crippen LogP contribution >= 0.6 is 0 Å². The van der Waals surface area contributed by atoms with Crippen LogP contribution in [0.5, 0.6) is 5.75 Å². The van der Waals surface area contributed by atoms with E-state index in [2.05, 4.69) is 17.1 Å². The van der Waals surface area contributed by atoms with Gasteiger partial charge in [0.15, 0.2) is 0 Å². The number of aromatic hydroxyl groups is 1. The first-order valence-corrected chi connectivity index (χ1v) is 6.63. The fourth-order valence-corrected chi connectivity index (χ4v) is 2.37. The number of nitrogens with zero attached hydrogens (tertiary/aromatic N) is 2. The summed E-state index contributed by atoms with van der Waals surface area (Å²) in [7, 11) is 0. The highest BCUT2D eigenvalue weighted by atomic mass is 16.3. The molecule has 0 aliphatic rings. The maximum Gasteiger partial charge on any atom is 0.116 e. The Labute approximate surface area is 127 Å². The topological polar surface area (TPSA) is 83.6 Å². The molecule has 0 aliphatic heterocycles. The summed E-state index contributed by atoms with van der Waals surface area (Å²) in [4.78, 5) is 3.08. The van der Waals surface area contributed by atoms with Gasteiger partial charge in [0.25, 0.3) is 0 Å². The average molecular weight is 285 g/mol. The molecule has 0 unspecified atom stereocenters. The first-order valence-electron chi connectivity index (χ1n) is 6.63. The summed E-state index contributed by atoms with van der Waals surface area (Å²) < 4.78 is 0. The quantitative estimate of drug-likeness (QED) is 0.702. The lowest BCUT2D eigenvalue weighted by molar-refractivity contribution is 0.476. The molecule has 2 aromatic carbocycles. The number of rotatable bonds is 2. The average Bonchev–Trinajstić information content (AvgIpc) is 2.95. The van der Waals surface area contributed by atoms with E-state index in [1.807, 2.05) is 6.07 Å². The molecule has 3 rings (SSSR count). The number of nitriles is 2. The number of allylic oxidation sites excluding steroid dienone is 1. The Bertz CT molecular complexity index is 968. The molecule has 0 atom stereocenters. The zero-order valence-corrected chi connectivity index (χ0v) is 11.5. The molecule has 22 heavy (non-hydrogen) atoms. The number of nitrogens with one attached hydrogen (secondary N) is 1. The van der Waals surface area contributed by atoms with Crippen molar-refractivity contribution >= 4 is 22.6 Å². The van der Waals surface area contributed by atoms with Crippen LogP contribution < -0.4 is 0 Å². The Morgan fingerprint density at radius 1 is 1.14 bits per heavy atom. The van der Waals surface area contributed by atoms with Crippen LogP contribution in [0.3, 0.4) is 0 Å². The molecule has 0 fully saturated rings. The van der Waals surface area contributed by atoms with Crippen molar-refractivity contribution in [2.75, 3.05) is 0 Å². The Kier molecular flexibility index (Phi) is 3.35. The van der Waals surface area contributed by atoms with E-state index in [1.54, 1.807) is 48.7 Å². The van der Waals surface area contributed by atoms with E-state index in [9.17, 15) is 10.4 Å². The Balaban J connectivity index is 2.14. The molecular formula is C18H11N3O. The molecule has 4 nitrogen and oxygen atoms in total. The fourth-order valence-electron chi connectivity index (χ4n) is 2.37. The summed E-state index contributed by atoms with van der Waals surface area (Å²) in [5.41, 5.74) is 3.36. The predicted octanol–water partition coefficient (Wildman–Crippen LogP) is 3.81. The van der Waals surface area contributed by atoms with Gasteiger partial charge in [0.2, 0.25) is 0 Å². The van der Waals surface area contributed by atoms with E-state index < -0.39 is 0 Å². The van der Waals surface area contributed by atoms with Crippen molar-refractivity contribution in [1.29, 1.82) is 10.5 Å². The van der Waals surface area contributed by atoms with Crippen LogP contribution in [0, 0.1) is 22.7 Å². The molecule has 0 saturated carbocycles. The van der Waals surface area contributed by atoms with Gasteiger partial charge in [-0.05, 0) is 42.0 Å². The maximum absolute atomic E-state index is 9.63. The van der Waals surface area contributed by atoms with Crippen molar-refractivity contribution in [1.82, 2.24) is 4.98 Å². The van der Waals surface area contributed by atoms with E-state index in [0.29, 0.717) is 11.1 Å². The molecule has 0 bridgehead atoms. The molecule has 0 spiro atoms. The highest BCUT2D eigenvalue weighted by molar-refractivity contribution is 6.01. The molecule has 104 valence electrons. The third-order valence-electron chi connectivity index (χ3n) is 3.40. The highest BCUT2D eigenvalue weighted by Crippen LogP contribution is 2.29. The minimum atomic E-state index is 0.150. The second-order valence-electron chi connectivity index (χ2n) is 4.84. The summed E-state index contributed by atoms with van der Waals surface area (Å²) in [5.74, 6) is 0.150. The lowest BCUT2D eigenvalue weighted by Crippen LogP contribution is -1.82. The van der Waals surface area contributed by atoms with Crippen molar-refractivity contribution < 1.29 is 5.11 Å². The van der Waals surface area contributed by atoms with Gasteiger partial charge in [0, 0.05) is 22.7 Å². The molecular weight excluding hydrogens is 274 g/mol. The first kappa shape index (κ1) is 13.5.